The monoisotopic (exact) mass is 396 g/mol. The normalized spacial score (nSPS) is 32.1. The number of halogens is 3. The zero-order valence-electron chi connectivity index (χ0n) is 16.7. The van der Waals surface area contributed by atoms with E-state index in [1.165, 1.54) is 0 Å². The summed E-state index contributed by atoms with van der Waals surface area (Å²) in [7, 11) is 1.63. The number of ether oxygens (including phenoxy) is 1. The second-order valence-electron chi connectivity index (χ2n) is 8.58. The van der Waals surface area contributed by atoms with Crippen LogP contribution in [-0.4, -0.2) is 42.8 Å². The van der Waals surface area contributed by atoms with Crippen LogP contribution < -0.4 is 9.80 Å². The van der Waals surface area contributed by atoms with Gasteiger partial charge in [-0.2, -0.15) is 18.2 Å². The molecule has 1 aromatic rings. The number of fused-ring (bicyclic) bond motifs is 1. The van der Waals surface area contributed by atoms with Gasteiger partial charge < -0.3 is 14.5 Å². The van der Waals surface area contributed by atoms with Gasteiger partial charge in [-0.25, -0.2) is 4.98 Å². The van der Waals surface area contributed by atoms with E-state index in [-0.39, 0.29) is 17.4 Å². The summed E-state index contributed by atoms with van der Waals surface area (Å²) in [5, 5.41) is 0. The van der Waals surface area contributed by atoms with Crippen LogP contribution in [0.5, 0.6) is 0 Å². The molecule has 3 heterocycles. The summed E-state index contributed by atoms with van der Waals surface area (Å²) in [6.45, 7) is 8.47. The lowest BCUT2D eigenvalue weighted by Gasteiger charge is -2.39. The van der Waals surface area contributed by atoms with Crippen molar-refractivity contribution in [3.05, 3.63) is 24.1 Å². The number of piperidine rings is 1. The highest BCUT2D eigenvalue weighted by Gasteiger charge is 2.69. The molecule has 0 amide bonds. The summed E-state index contributed by atoms with van der Waals surface area (Å²) in [6, 6.07) is 1.28. The van der Waals surface area contributed by atoms with Gasteiger partial charge in [0.25, 0.3) is 0 Å². The van der Waals surface area contributed by atoms with Crippen molar-refractivity contribution in [3.63, 3.8) is 0 Å². The average molecular weight is 396 g/mol. The predicted molar refractivity (Wildman–Crippen MR) is 101 cm³/mol. The zero-order valence-corrected chi connectivity index (χ0v) is 16.7. The molecule has 5 nitrogen and oxygen atoms in total. The first kappa shape index (κ1) is 19.3. The number of rotatable bonds is 5. The lowest BCUT2D eigenvalue weighted by atomic mass is 9.89. The fourth-order valence-electron chi connectivity index (χ4n) is 5.03. The van der Waals surface area contributed by atoms with Crippen LogP contribution in [0.4, 0.5) is 24.9 Å². The maximum absolute atomic E-state index is 13.5. The van der Waals surface area contributed by atoms with Crippen LogP contribution in [0.25, 0.3) is 0 Å². The van der Waals surface area contributed by atoms with E-state index in [0.29, 0.717) is 43.2 Å². The molecule has 0 bridgehead atoms. The smallest absolute Gasteiger partial charge is 0.433 e. The Kier molecular flexibility index (Phi) is 4.50. The Bertz CT molecular complexity index is 781. The molecule has 8 heteroatoms. The number of hydrogen-bond acceptors (Lipinski definition) is 5. The van der Waals surface area contributed by atoms with Gasteiger partial charge in [-0.3, -0.25) is 0 Å². The summed E-state index contributed by atoms with van der Waals surface area (Å²) < 4.78 is 45.4. The quantitative estimate of drug-likeness (QED) is 0.705. The average Bonchev–Trinajstić information content (AvgIpc) is 3.03. The van der Waals surface area contributed by atoms with Crippen molar-refractivity contribution in [3.8, 4) is 0 Å². The van der Waals surface area contributed by atoms with Gasteiger partial charge >= 0.3 is 6.18 Å². The maximum Gasteiger partial charge on any atom is 0.433 e. The summed E-state index contributed by atoms with van der Waals surface area (Å²) in [5.41, 5.74) is -0.788. The predicted octanol–water partition coefficient (Wildman–Crippen LogP) is 3.96. The lowest BCUT2D eigenvalue weighted by Crippen LogP contribution is -2.47. The molecule has 1 saturated carbocycles. The molecule has 0 spiro atoms. The first-order valence-corrected chi connectivity index (χ1v) is 9.85. The SMILES string of the molecule is CO/C=C/C1C2CN(c3cc(C(F)(F)F)nc(N4CC[C@@H]4C)n3)CC12C(C)C. The Hall–Kier alpha value is -1.99. The van der Waals surface area contributed by atoms with E-state index in [1.807, 2.05) is 16.7 Å². The zero-order chi connectivity index (χ0) is 20.3. The van der Waals surface area contributed by atoms with Gasteiger partial charge in [0.1, 0.15) is 5.82 Å². The van der Waals surface area contributed by atoms with E-state index in [2.05, 4.69) is 29.9 Å². The van der Waals surface area contributed by atoms with Crippen molar-refractivity contribution in [1.29, 1.82) is 0 Å². The number of allylic oxidation sites excluding steroid dienone is 1. The van der Waals surface area contributed by atoms with E-state index in [4.69, 9.17) is 4.74 Å². The van der Waals surface area contributed by atoms with Crippen molar-refractivity contribution in [1.82, 2.24) is 9.97 Å². The Balaban J connectivity index is 1.63. The largest absolute Gasteiger partial charge is 0.505 e. The Morgan fingerprint density at radius 3 is 2.57 bits per heavy atom. The number of alkyl halides is 3. The Morgan fingerprint density at radius 1 is 1.32 bits per heavy atom. The molecule has 1 aliphatic carbocycles. The van der Waals surface area contributed by atoms with Gasteiger partial charge in [-0.15, -0.1) is 0 Å². The highest BCUT2D eigenvalue weighted by molar-refractivity contribution is 5.51. The third-order valence-electron chi connectivity index (χ3n) is 6.91. The molecular weight excluding hydrogens is 369 g/mol. The van der Waals surface area contributed by atoms with Gasteiger partial charge in [0.15, 0.2) is 5.69 Å². The van der Waals surface area contributed by atoms with Crippen LogP contribution >= 0.6 is 0 Å². The Morgan fingerprint density at radius 2 is 2.07 bits per heavy atom. The van der Waals surface area contributed by atoms with Crippen LogP contribution in [0.15, 0.2) is 18.4 Å². The second-order valence-corrected chi connectivity index (χ2v) is 8.58. The molecular formula is C20H27F3N4O. The minimum Gasteiger partial charge on any atom is -0.505 e. The molecule has 3 fully saturated rings. The van der Waals surface area contributed by atoms with Crippen LogP contribution in [0.3, 0.4) is 0 Å². The molecule has 28 heavy (non-hydrogen) atoms. The minimum atomic E-state index is -4.48. The molecule has 4 atom stereocenters. The van der Waals surface area contributed by atoms with Crippen LogP contribution in [-0.2, 0) is 10.9 Å². The Labute approximate surface area is 163 Å². The molecule has 2 aliphatic heterocycles. The molecule has 3 unspecified atom stereocenters. The van der Waals surface area contributed by atoms with E-state index in [1.54, 1.807) is 13.4 Å². The molecule has 3 aliphatic rings. The summed E-state index contributed by atoms with van der Waals surface area (Å²) >= 11 is 0. The maximum atomic E-state index is 13.5. The molecule has 154 valence electrons. The third kappa shape index (κ3) is 2.92. The van der Waals surface area contributed by atoms with Crippen molar-refractivity contribution < 1.29 is 17.9 Å². The lowest BCUT2D eigenvalue weighted by molar-refractivity contribution is -0.141. The fraction of sp³-hybridized carbons (Fsp3) is 0.700. The number of nitrogens with zero attached hydrogens (tertiary/aromatic N) is 4. The summed E-state index contributed by atoms with van der Waals surface area (Å²) in [4.78, 5) is 12.2. The summed E-state index contributed by atoms with van der Waals surface area (Å²) in [6.07, 6.45) is 0.275. The van der Waals surface area contributed by atoms with Crippen LogP contribution in [0.2, 0.25) is 0 Å². The van der Waals surface area contributed by atoms with Gasteiger partial charge in [-0.1, -0.05) is 13.8 Å². The molecule has 4 rings (SSSR count). The number of aromatic nitrogens is 2. The van der Waals surface area contributed by atoms with Crippen molar-refractivity contribution in [2.75, 3.05) is 36.5 Å². The van der Waals surface area contributed by atoms with Gasteiger partial charge in [0, 0.05) is 37.2 Å². The van der Waals surface area contributed by atoms with Gasteiger partial charge in [0.05, 0.1) is 13.4 Å². The molecule has 1 aromatic heterocycles. The second kappa shape index (κ2) is 6.52. The number of hydrogen-bond donors (Lipinski definition) is 0. The van der Waals surface area contributed by atoms with Gasteiger partial charge in [-0.05, 0) is 37.2 Å². The van der Waals surface area contributed by atoms with Gasteiger partial charge in [0.2, 0.25) is 5.95 Å². The highest BCUT2D eigenvalue weighted by atomic mass is 19.4. The fourth-order valence-corrected chi connectivity index (χ4v) is 5.03. The highest BCUT2D eigenvalue weighted by Crippen LogP contribution is 2.68. The van der Waals surface area contributed by atoms with E-state index >= 15 is 0 Å². The van der Waals surface area contributed by atoms with Crippen molar-refractivity contribution in [2.24, 2.45) is 23.2 Å². The standard InChI is InChI=1S/C20H27F3N4O/c1-12(2)19-11-26(10-15(19)14(19)6-8-28-4)17-9-16(20(21,22)23)24-18(25-17)27-7-5-13(27)3/h6,8-9,12-15H,5,7,10-11H2,1-4H3/b8-6+/t13-,14?,15?,19?/m0/s1. The van der Waals surface area contributed by atoms with E-state index < -0.39 is 11.9 Å². The molecule has 0 aromatic carbocycles. The number of anilines is 2. The molecule has 0 radical (unpaired) electrons. The molecule has 2 saturated heterocycles. The third-order valence-corrected chi connectivity index (χ3v) is 6.91. The van der Waals surface area contributed by atoms with Crippen molar-refractivity contribution in [2.45, 2.75) is 39.4 Å². The van der Waals surface area contributed by atoms with Crippen LogP contribution in [0.1, 0.15) is 32.9 Å². The summed E-state index contributed by atoms with van der Waals surface area (Å²) in [5.74, 6) is 1.82. The van der Waals surface area contributed by atoms with E-state index in [0.717, 1.165) is 12.5 Å². The first-order chi connectivity index (χ1) is 13.2. The number of methoxy groups -OCH3 is 1. The topological polar surface area (TPSA) is 41.5 Å². The molecule has 0 N–H and O–H groups in total. The minimum absolute atomic E-state index is 0.0720. The van der Waals surface area contributed by atoms with Crippen LogP contribution in [0, 0.1) is 23.2 Å². The first-order valence-electron chi connectivity index (χ1n) is 9.85. The van der Waals surface area contributed by atoms with Crippen molar-refractivity contribution >= 4 is 11.8 Å². The van der Waals surface area contributed by atoms with E-state index in [9.17, 15) is 13.2 Å².